The molecule has 0 radical (unpaired) electrons. The zero-order chi connectivity index (χ0) is 24.4. The van der Waals surface area contributed by atoms with Gasteiger partial charge in [0.1, 0.15) is 11.6 Å². The van der Waals surface area contributed by atoms with Gasteiger partial charge in [-0.3, -0.25) is 9.69 Å². The second-order valence-corrected chi connectivity index (χ2v) is 9.78. The van der Waals surface area contributed by atoms with E-state index in [4.69, 9.17) is 4.74 Å². The number of carbonyl (C=O) groups excluding carboxylic acids is 1. The number of nitrogens with one attached hydrogen (secondary N) is 1. The minimum absolute atomic E-state index is 0.0585. The zero-order valence-electron chi connectivity index (χ0n) is 20.3. The smallest absolute Gasteiger partial charge is 0.225 e. The monoisotopic (exact) mass is 479 g/mol. The van der Waals surface area contributed by atoms with Crippen molar-refractivity contribution in [3.63, 3.8) is 0 Å². The van der Waals surface area contributed by atoms with Crippen LogP contribution in [0.1, 0.15) is 48.5 Å². The van der Waals surface area contributed by atoms with Gasteiger partial charge in [-0.25, -0.2) is 4.39 Å². The normalized spacial score (nSPS) is 19.9. The van der Waals surface area contributed by atoms with E-state index >= 15 is 0 Å². The van der Waals surface area contributed by atoms with Crippen LogP contribution in [0.4, 0.5) is 4.39 Å². The van der Waals surface area contributed by atoms with Gasteiger partial charge in [0, 0.05) is 54.8 Å². The van der Waals surface area contributed by atoms with Crippen LogP contribution in [-0.2, 0) is 17.8 Å². The molecule has 1 saturated carbocycles. The maximum absolute atomic E-state index is 13.9. The van der Waals surface area contributed by atoms with Crippen LogP contribution in [0.5, 0.6) is 5.75 Å². The summed E-state index contributed by atoms with van der Waals surface area (Å²) in [6.45, 7) is 2.50. The molecule has 2 aromatic carbocycles. The van der Waals surface area contributed by atoms with Crippen molar-refractivity contribution in [2.75, 3.05) is 33.4 Å². The van der Waals surface area contributed by atoms with Crippen LogP contribution in [0.15, 0.2) is 42.5 Å². The van der Waals surface area contributed by atoms with Crippen molar-refractivity contribution in [1.29, 1.82) is 0 Å². The highest BCUT2D eigenvalue weighted by Gasteiger charge is 2.32. The topological polar surface area (TPSA) is 68.8 Å². The molecular weight excluding hydrogens is 445 g/mol. The van der Waals surface area contributed by atoms with Crippen molar-refractivity contribution in [3.8, 4) is 5.75 Å². The molecule has 1 aromatic heterocycles. The van der Waals surface area contributed by atoms with E-state index in [0.29, 0.717) is 32.6 Å². The van der Waals surface area contributed by atoms with Gasteiger partial charge >= 0.3 is 0 Å². The van der Waals surface area contributed by atoms with Gasteiger partial charge in [-0.2, -0.15) is 0 Å². The lowest BCUT2D eigenvalue weighted by Crippen LogP contribution is -2.43. The lowest BCUT2D eigenvalue weighted by atomic mass is 9.84. The van der Waals surface area contributed by atoms with Gasteiger partial charge in [-0.15, -0.1) is 0 Å². The van der Waals surface area contributed by atoms with Crippen LogP contribution in [-0.4, -0.2) is 59.1 Å². The Morgan fingerprint density at radius 3 is 2.71 bits per heavy atom. The van der Waals surface area contributed by atoms with Crippen molar-refractivity contribution in [3.05, 3.63) is 65.1 Å². The van der Waals surface area contributed by atoms with E-state index in [2.05, 4.69) is 16.0 Å². The SMILES string of the molecule is COc1ccc2c3c([nH]c2c1)[C@@H](CO)N(Cc1cccc(F)c1)CCCN(C(=O)C1CCC1)CC3. The number of ether oxygens (including phenoxy) is 1. The number of benzene rings is 2. The van der Waals surface area contributed by atoms with E-state index in [9.17, 15) is 14.3 Å². The van der Waals surface area contributed by atoms with Gasteiger partial charge in [-0.05, 0) is 61.1 Å². The van der Waals surface area contributed by atoms with Crippen molar-refractivity contribution in [2.45, 2.75) is 44.7 Å². The number of aliphatic hydroxyl groups excluding tert-OH is 1. The molecule has 1 amide bonds. The number of aromatic amines is 1. The second kappa shape index (κ2) is 10.4. The summed E-state index contributed by atoms with van der Waals surface area (Å²) in [6, 6.07) is 12.4. The second-order valence-electron chi connectivity index (χ2n) is 9.78. The molecule has 0 spiro atoms. The van der Waals surface area contributed by atoms with Crippen LogP contribution in [0.2, 0.25) is 0 Å². The average Bonchev–Trinajstić information content (AvgIpc) is 3.17. The molecule has 1 aliphatic heterocycles. The molecule has 5 rings (SSSR count). The third-order valence-electron chi connectivity index (χ3n) is 7.64. The Morgan fingerprint density at radius 1 is 1.14 bits per heavy atom. The number of fused-ring (bicyclic) bond motifs is 3. The summed E-state index contributed by atoms with van der Waals surface area (Å²) in [6.07, 6.45) is 4.63. The standard InChI is InChI=1S/C28H34FN3O3/c1-35-22-9-10-23-24-11-14-31(28(34)20-6-3-7-20)12-4-13-32(17-19-5-2-8-21(29)15-19)26(18-33)27(24)30-25(23)16-22/h2,5,8-10,15-16,20,26,30,33H,3-4,6-7,11-14,17-18H2,1H3/t26-/m1/s1. The Bertz CT molecular complexity index is 1190. The van der Waals surface area contributed by atoms with Gasteiger partial charge < -0.3 is 19.7 Å². The fourth-order valence-electron chi connectivity index (χ4n) is 5.50. The molecule has 2 aliphatic rings. The van der Waals surface area contributed by atoms with E-state index in [0.717, 1.165) is 59.2 Å². The Hall–Kier alpha value is -2.90. The maximum atomic E-state index is 13.9. The first-order valence-corrected chi connectivity index (χ1v) is 12.6. The molecule has 0 bridgehead atoms. The van der Waals surface area contributed by atoms with E-state index in [1.165, 1.54) is 6.07 Å². The largest absolute Gasteiger partial charge is 0.497 e. The first kappa shape index (κ1) is 23.8. The number of rotatable bonds is 5. The highest BCUT2D eigenvalue weighted by atomic mass is 19.1. The summed E-state index contributed by atoms with van der Waals surface area (Å²) >= 11 is 0. The number of aliphatic hydroxyl groups is 1. The molecule has 1 fully saturated rings. The molecule has 3 aromatic rings. The fraction of sp³-hybridized carbons (Fsp3) is 0.464. The lowest BCUT2D eigenvalue weighted by molar-refractivity contribution is -0.138. The summed E-state index contributed by atoms with van der Waals surface area (Å²) in [5, 5.41) is 11.7. The number of carbonyl (C=O) groups is 1. The predicted molar refractivity (Wildman–Crippen MR) is 134 cm³/mol. The molecule has 6 nitrogen and oxygen atoms in total. The predicted octanol–water partition coefficient (Wildman–Crippen LogP) is 4.43. The molecule has 0 saturated heterocycles. The average molecular weight is 480 g/mol. The first-order chi connectivity index (χ1) is 17.1. The highest BCUT2D eigenvalue weighted by molar-refractivity contribution is 5.86. The van der Waals surface area contributed by atoms with Gasteiger partial charge in [0.05, 0.1) is 19.8 Å². The van der Waals surface area contributed by atoms with Crippen molar-refractivity contribution in [1.82, 2.24) is 14.8 Å². The number of nitrogens with zero attached hydrogens (tertiary/aromatic N) is 2. The zero-order valence-corrected chi connectivity index (χ0v) is 20.3. The third kappa shape index (κ3) is 4.93. The number of amides is 1. The van der Waals surface area contributed by atoms with Gasteiger partial charge in [0.15, 0.2) is 0 Å². The van der Waals surface area contributed by atoms with Crippen molar-refractivity contribution < 1.29 is 19.0 Å². The number of methoxy groups -OCH3 is 1. The van der Waals surface area contributed by atoms with Gasteiger partial charge in [-0.1, -0.05) is 18.6 Å². The summed E-state index contributed by atoms with van der Waals surface area (Å²) in [4.78, 5) is 21.0. The van der Waals surface area contributed by atoms with Crippen molar-refractivity contribution in [2.24, 2.45) is 5.92 Å². The van der Waals surface area contributed by atoms with Crippen molar-refractivity contribution >= 4 is 16.8 Å². The molecule has 2 N–H and O–H groups in total. The minimum Gasteiger partial charge on any atom is -0.497 e. The number of hydrogen-bond donors (Lipinski definition) is 2. The molecule has 1 atom stereocenters. The quantitative estimate of drug-likeness (QED) is 0.568. The van der Waals surface area contributed by atoms with Crippen LogP contribution < -0.4 is 4.74 Å². The molecule has 7 heteroatoms. The molecule has 0 unspecified atom stereocenters. The summed E-state index contributed by atoms with van der Waals surface area (Å²) < 4.78 is 19.4. The Morgan fingerprint density at radius 2 is 2.00 bits per heavy atom. The summed E-state index contributed by atoms with van der Waals surface area (Å²) in [5.41, 5.74) is 3.90. The molecule has 2 heterocycles. The van der Waals surface area contributed by atoms with E-state index in [-0.39, 0.29) is 30.3 Å². The van der Waals surface area contributed by atoms with Crippen LogP contribution >= 0.6 is 0 Å². The van der Waals surface area contributed by atoms with Crippen LogP contribution in [0.3, 0.4) is 0 Å². The molecule has 35 heavy (non-hydrogen) atoms. The van der Waals surface area contributed by atoms with Crippen LogP contribution in [0, 0.1) is 11.7 Å². The molecular formula is C28H34FN3O3. The van der Waals surface area contributed by atoms with Crippen LogP contribution in [0.25, 0.3) is 10.9 Å². The van der Waals surface area contributed by atoms with E-state index in [1.54, 1.807) is 19.2 Å². The number of hydrogen-bond acceptors (Lipinski definition) is 4. The summed E-state index contributed by atoms with van der Waals surface area (Å²) in [7, 11) is 1.65. The lowest BCUT2D eigenvalue weighted by Gasteiger charge is -2.35. The van der Waals surface area contributed by atoms with Gasteiger partial charge in [0.25, 0.3) is 0 Å². The molecule has 1 aliphatic carbocycles. The molecule has 186 valence electrons. The van der Waals surface area contributed by atoms with E-state index < -0.39 is 0 Å². The maximum Gasteiger partial charge on any atom is 0.225 e. The van der Waals surface area contributed by atoms with E-state index in [1.807, 2.05) is 23.1 Å². The number of H-pyrrole nitrogens is 1. The highest BCUT2D eigenvalue weighted by Crippen LogP contribution is 2.35. The number of halogens is 1. The van der Waals surface area contributed by atoms with Gasteiger partial charge in [0.2, 0.25) is 5.91 Å². The number of aromatic nitrogens is 1. The Kier molecular flexibility index (Phi) is 7.07. The Balaban J connectivity index is 1.54. The first-order valence-electron chi connectivity index (χ1n) is 12.6. The fourth-order valence-corrected chi connectivity index (χ4v) is 5.50. The minimum atomic E-state index is -0.264. The Labute approximate surface area is 205 Å². The summed E-state index contributed by atoms with van der Waals surface area (Å²) in [5.74, 6) is 0.938. The third-order valence-corrected chi connectivity index (χ3v) is 7.64.